The number of aryl methyl sites for hydroxylation is 1. The van der Waals surface area contributed by atoms with Gasteiger partial charge in [0.25, 0.3) is 0 Å². The van der Waals surface area contributed by atoms with Gasteiger partial charge in [-0.3, -0.25) is 4.79 Å². The van der Waals surface area contributed by atoms with E-state index in [2.05, 4.69) is 0 Å². The Labute approximate surface area is 163 Å². The quantitative estimate of drug-likeness (QED) is 0.377. The molecule has 0 spiro atoms. The van der Waals surface area contributed by atoms with Crippen molar-refractivity contribution in [2.75, 3.05) is 0 Å². The lowest BCUT2D eigenvalue weighted by atomic mass is 10.0. The highest BCUT2D eigenvalue weighted by Crippen LogP contribution is 2.22. The molecule has 0 unspecified atom stereocenters. The molecule has 140 valence electrons. The zero-order valence-electron chi connectivity index (χ0n) is 15.1. The molecule has 0 bridgehead atoms. The van der Waals surface area contributed by atoms with E-state index in [1.807, 2.05) is 41.9 Å². The second-order valence-corrected chi connectivity index (χ2v) is 7.97. The van der Waals surface area contributed by atoms with E-state index in [4.69, 9.17) is 4.18 Å². The number of fused-ring (bicyclic) bond motifs is 1. The number of aromatic nitrogens is 1. The number of hydrogen-bond donors (Lipinski definition) is 0. The Morgan fingerprint density at radius 1 is 0.857 bits per heavy atom. The minimum atomic E-state index is -3.92. The van der Waals surface area contributed by atoms with Crippen molar-refractivity contribution in [1.82, 2.24) is 4.40 Å². The standard InChI is InChI=1S/C22H17NO4S/c1-16-5-11-19(12-6-16)28(25,26)27-18-9-7-17(8-10-18)22(24)20-13-15-23-14-3-2-4-21(20)23/h2-15H,1H3. The third kappa shape index (κ3) is 3.42. The predicted molar refractivity (Wildman–Crippen MR) is 106 cm³/mol. The van der Waals surface area contributed by atoms with Crippen molar-refractivity contribution in [3.8, 4) is 5.75 Å². The molecule has 0 amide bonds. The summed E-state index contributed by atoms with van der Waals surface area (Å²) < 4.78 is 31.8. The number of nitrogens with zero attached hydrogens (tertiary/aromatic N) is 1. The van der Waals surface area contributed by atoms with Gasteiger partial charge >= 0.3 is 10.1 Å². The molecular weight excluding hydrogens is 374 g/mol. The molecule has 0 saturated carbocycles. The number of pyridine rings is 1. The van der Waals surface area contributed by atoms with E-state index in [1.54, 1.807) is 30.3 Å². The van der Waals surface area contributed by atoms with Crippen LogP contribution < -0.4 is 4.18 Å². The van der Waals surface area contributed by atoms with Crippen molar-refractivity contribution in [2.45, 2.75) is 11.8 Å². The molecule has 0 radical (unpaired) electrons. The molecule has 0 aliphatic heterocycles. The fourth-order valence-electron chi connectivity index (χ4n) is 2.94. The Bertz CT molecular complexity index is 1250. The lowest BCUT2D eigenvalue weighted by molar-refractivity contribution is 0.104. The first-order valence-electron chi connectivity index (χ1n) is 8.66. The Morgan fingerprint density at radius 3 is 2.29 bits per heavy atom. The van der Waals surface area contributed by atoms with Crippen molar-refractivity contribution in [3.05, 3.63) is 102 Å². The molecule has 4 aromatic rings. The SMILES string of the molecule is Cc1ccc(S(=O)(=O)Oc2ccc(C(=O)c3ccn4ccccc34)cc2)cc1. The third-order valence-corrected chi connectivity index (χ3v) is 5.71. The van der Waals surface area contributed by atoms with Crippen molar-refractivity contribution in [2.24, 2.45) is 0 Å². The summed E-state index contributed by atoms with van der Waals surface area (Å²) in [5.74, 6) is 0.0144. The Balaban J connectivity index is 1.57. The molecule has 0 saturated heterocycles. The molecule has 5 nitrogen and oxygen atoms in total. The largest absolute Gasteiger partial charge is 0.379 e. The summed E-state index contributed by atoms with van der Waals surface area (Å²) in [6, 6.07) is 19.9. The maximum absolute atomic E-state index is 12.8. The van der Waals surface area contributed by atoms with Gasteiger partial charge in [0.2, 0.25) is 0 Å². The Morgan fingerprint density at radius 2 is 1.57 bits per heavy atom. The van der Waals surface area contributed by atoms with Crippen LogP contribution in [0.3, 0.4) is 0 Å². The van der Waals surface area contributed by atoms with Crippen molar-refractivity contribution >= 4 is 21.4 Å². The normalized spacial score (nSPS) is 11.5. The number of benzene rings is 2. The van der Waals surface area contributed by atoms with E-state index in [1.165, 1.54) is 24.3 Å². The van der Waals surface area contributed by atoms with Gasteiger partial charge in [0.1, 0.15) is 10.6 Å². The van der Waals surface area contributed by atoms with Gasteiger partial charge in [-0.2, -0.15) is 8.42 Å². The number of rotatable bonds is 5. The molecule has 0 aliphatic carbocycles. The summed E-state index contributed by atoms with van der Waals surface area (Å²) in [4.78, 5) is 12.9. The van der Waals surface area contributed by atoms with Crippen LogP contribution in [0.2, 0.25) is 0 Å². The van der Waals surface area contributed by atoms with Crippen LogP contribution in [0.25, 0.3) is 5.52 Å². The maximum atomic E-state index is 12.8. The van der Waals surface area contributed by atoms with E-state index in [-0.39, 0.29) is 16.4 Å². The molecule has 0 aliphatic rings. The van der Waals surface area contributed by atoms with E-state index in [0.29, 0.717) is 11.1 Å². The smallest absolute Gasteiger partial charge is 0.339 e. The lowest BCUT2D eigenvalue weighted by Crippen LogP contribution is -2.10. The number of hydrogen-bond acceptors (Lipinski definition) is 4. The first-order valence-corrected chi connectivity index (χ1v) is 10.1. The average molecular weight is 391 g/mol. The third-order valence-electron chi connectivity index (χ3n) is 4.44. The summed E-state index contributed by atoms with van der Waals surface area (Å²) in [5.41, 5.74) is 2.81. The summed E-state index contributed by atoms with van der Waals surface area (Å²) in [6.07, 6.45) is 3.70. The second kappa shape index (κ2) is 6.98. The van der Waals surface area contributed by atoms with Crippen molar-refractivity contribution in [1.29, 1.82) is 0 Å². The van der Waals surface area contributed by atoms with Crippen LogP contribution >= 0.6 is 0 Å². The minimum absolute atomic E-state index is 0.0820. The second-order valence-electron chi connectivity index (χ2n) is 6.43. The predicted octanol–water partition coefficient (Wildman–Crippen LogP) is 4.25. The van der Waals surface area contributed by atoms with E-state index >= 15 is 0 Å². The van der Waals surface area contributed by atoms with Crippen molar-refractivity contribution < 1.29 is 17.4 Å². The van der Waals surface area contributed by atoms with Gasteiger partial charge in [-0.1, -0.05) is 23.8 Å². The topological polar surface area (TPSA) is 64.9 Å². The van der Waals surface area contributed by atoms with Gasteiger partial charge in [0.05, 0.1) is 5.52 Å². The maximum Gasteiger partial charge on any atom is 0.339 e. The van der Waals surface area contributed by atoms with E-state index in [9.17, 15) is 13.2 Å². The highest BCUT2D eigenvalue weighted by Gasteiger charge is 2.18. The first kappa shape index (κ1) is 18.0. The highest BCUT2D eigenvalue weighted by molar-refractivity contribution is 7.87. The van der Waals surface area contributed by atoms with Crippen LogP contribution in [-0.2, 0) is 10.1 Å². The summed E-state index contributed by atoms with van der Waals surface area (Å²) in [7, 11) is -3.92. The molecule has 6 heteroatoms. The van der Waals surface area contributed by atoms with Crippen LogP contribution in [0.1, 0.15) is 21.5 Å². The van der Waals surface area contributed by atoms with Gasteiger partial charge in [0.15, 0.2) is 5.78 Å². The number of carbonyl (C=O) groups is 1. The van der Waals surface area contributed by atoms with Gasteiger partial charge in [-0.05, 0) is 61.5 Å². The van der Waals surface area contributed by atoms with Crippen molar-refractivity contribution in [3.63, 3.8) is 0 Å². The lowest BCUT2D eigenvalue weighted by Gasteiger charge is -2.08. The number of carbonyl (C=O) groups excluding carboxylic acids is 1. The van der Waals surface area contributed by atoms with Gasteiger partial charge in [-0.15, -0.1) is 0 Å². The molecule has 2 aromatic heterocycles. The molecule has 2 heterocycles. The zero-order valence-corrected chi connectivity index (χ0v) is 15.9. The van der Waals surface area contributed by atoms with Crippen LogP contribution in [0.5, 0.6) is 5.75 Å². The molecular formula is C22H17NO4S. The van der Waals surface area contributed by atoms with E-state index in [0.717, 1.165) is 11.1 Å². The summed E-state index contributed by atoms with van der Waals surface area (Å²) in [6.45, 7) is 1.88. The van der Waals surface area contributed by atoms with Gasteiger partial charge < -0.3 is 8.58 Å². The molecule has 0 atom stereocenters. The molecule has 0 N–H and O–H groups in total. The average Bonchev–Trinajstić information content (AvgIpc) is 3.12. The van der Waals surface area contributed by atoms with Gasteiger partial charge in [0, 0.05) is 23.5 Å². The molecule has 28 heavy (non-hydrogen) atoms. The van der Waals surface area contributed by atoms with Crippen LogP contribution in [0, 0.1) is 6.92 Å². The minimum Gasteiger partial charge on any atom is -0.379 e. The van der Waals surface area contributed by atoms with E-state index < -0.39 is 10.1 Å². The highest BCUT2D eigenvalue weighted by atomic mass is 32.2. The summed E-state index contributed by atoms with van der Waals surface area (Å²) in [5, 5.41) is 0. The Hall–Kier alpha value is -3.38. The summed E-state index contributed by atoms with van der Waals surface area (Å²) >= 11 is 0. The first-order chi connectivity index (χ1) is 13.4. The molecule has 4 rings (SSSR count). The van der Waals surface area contributed by atoms with Crippen LogP contribution in [0.15, 0.2) is 90.1 Å². The van der Waals surface area contributed by atoms with Crippen LogP contribution in [0.4, 0.5) is 0 Å². The zero-order chi connectivity index (χ0) is 19.7. The monoisotopic (exact) mass is 391 g/mol. The van der Waals surface area contributed by atoms with Gasteiger partial charge in [-0.25, -0.2) is 0 Å². The molecule has 2 aromatic carbocycles. The van der Waals surface area contributed by atoms with Crippen LogP contribution in [-0.4, -0.2) is 18.6 Å². The Kier molecular flexibility index (Phi) is 4.49. The molecule has 0 fully saturated rings. The fourth-order valence-corrected chi connectivity index (χ4v) is 3.87. The fraction of sp³-hybridized carbons (Fsp3) is 0.0455. The number of ketones is 1.